The Balaban J connectivity index is 1.37. The summed E-state index contributed by atoms with van der Waals surface area (Å²) in [7, 11) is 0. The van der Waals surface area contributed by atoms with Crippen molar-refractivity contribution in [3.05, 3.63) is 75.3 Å². The molecule has 2 aromatic heterocycles. The van der Waals surface area contributed by atoms with Crippen LogP contribution in [0.1, 0.15) is 26.5 Å². The first-order valence-corrected chi connectivity index (χ1v) is 12.0. The van der Waals surface area contributed by atoms with Gasteiger partial charge in [0.15, 0.2) is 0 Å². The highest BCUT2D eigenvalue weighted by atomic mass is 35.5. The van der Waals surface area contributed by atoms with Gasteiger partial charge in [0.05, 0.1) is 16.3 Å². The molecule has 0 N–H and O–H groups in total. The Morgan fingerprint density at radius 3 is 2.41 bits per heavy atom. The number of benzene rings is 2. The summed E-state index contributed by atoms with van der Waals surface area (Å²) in [4.78, 5) is 19.4. The Bertz CT molecular complexity index is 1320. The molecule has 1 saturated heterocycles. The largest absolute Gasteiger partial charge is 0.368 e. The number of amides is 1. The molecule has 1 aliphatic rings. The van der Waals surface area contributed by atoms with Gasteiger partial charge in [-0.1, -0.05) is 35.9 Å². The van der Waals surface area contributed by atoms with E-state index in [-0.39, 0.29) is 5.91 Å². The minimum Gasteiger partial charge on any atom is -0.368 e. The van der Waals surface area contributed by atoms with Crippen molar-refractivity contribution >= 4 is 44.7 Å². The van der Waals surface area contributed by atoms with E-state index in [0.29, 0.717) is 13.1 Å². The Morgan fingerprint density at radius 2 is 1.66 bits per heavy atom. The van der Waals surface area contributed by atoms with E-state index < -0.39 is 0 Å². The number of carbonyl (C=O) groups excluding carboxylic acids is 1. The molecule has 32 heavy (non-hydrogen) atoms. The third kappa shape index (κ3) is 3.67. The van der Waals surface area contributed by atoms with Crippen LogP contribution in [-0.2, 0) is 0 Å². The van der Waals surface area contributed by atoms with Gasteiger partial charge in [-0.3, -0.25) is 4.79 Å². The van der Waals surface area contributed by atoms with Crippen molar-refractivity contribution in [2.24, 2.45) is 0 Å². The summed E-state index contributed by atoms with van der Waals surface area (Å²) in [5, 5.41) is 6.53. The lowest BCUT2D eigenvalue weighted by atomic mass is 10.1. The molecule has 1 aliphatic heterocycles. The van der Waals surface area contributed by atoms with Gasteiger partial charge < -0.3 is 9.80 Å². The van der Waals surface area contributed by atoms with Gasteiger partial charge in [0, 0.05) is 42.3 Å². The average molecular weight is 465 g/mol. The average Bonchev–Trinajstić information content (AvgIpc) is 3.36. The van der Waals surface area contributed by atoms with E-state index >= 15 is 0 Å². The molecule has 5 nitrogen and oxygen atoms in total. The zero-order valence-electron chi connectivity index (χ0n) is 18.4. The van der Waals surface area contributed by atoms with Crippen molar-refractivity contribution in [2.75, 3.05) is 31.1 Å². The van der Waals surface area contributed by atoms with E-state index in [1.165, 1.54) is 16.9 Å². The van der Waals surface area contributed by atoms with Crippen LogP contribution in [-0.4, -0.2) is 46.8 Å². The Morgan fingerprint density at radius 1 is 0.938 bits per heavy atom. The first kappa shape index (κ1) is 21.0. The highest BCUT2D eigenvalue weighted by Gasteiger charge is 2.26. The summed E-state index contributed by atoms with van der Waals surface area (Å²) in [6.45, 7) is 9.18. The molecule has 5 rings (SSSR count). The normalized spacial score (nSPS) is 14.4. The number of anilines is 1. The molecule has 3 heterocycles. The molecule has 0 aliphatic carbocycles. The number of thiophene rings is 1. The van der Waals surface area contributed by atoms with Gasteiger partial charge in [-0.15, -0.1) is 11.3 Å². The number of hydrogen-bond donors (Lipinski definition) is 0. The fraction of sp³-hybridized carbons (Fsp3) is 0.280. The highest BCUT2D eigenvalue weighted by molar-refractivity contribution is 7.20. The summed E-state index contributed by atoms with van der Waals surface area (Å²) in [5.74, 6) is 0.101. The molecule has 0 spiro atoms. The van der Waals surface area contributed by atoms with Crippen LogP contribution >= 0.6 is 22.9 Å². The number of carbonyl (C=O) groups is 1. The van der Waals surface area contributed by atoms with Gasteiger partial charge in [0.2, 0.25) is 0 Å². The molecule has 2 aromatic carbocycles. The fourth-order valence-corrected chi connectivity index (χ4v) is 5.66. The van der Waals surface area contributed by atoms with Gasteiger partial charge in [-0.2, -0.15) is 5.10 Å². The molecule has 4 aromatic rings. The second-order valence-corrected chi connectivity index (χ2v) is 9.79. The van der Waals surface area contributed by atoms with Crippen molar-refractivity contribution in [1.82, 2.24) is 14.7 Å². The van der Waals surface area contributed by atoms with Crippen LogP contribution in [0.3, 0.4) is 0 Å². The standard InChI is InChI=1S/C25H25ClN4OS/c1-16-6-4-5-7-21(16)30-25-20(18(3)27-30)15-23(32-25)24(31)29-12-10-28(11-13-29)22-14-19(26)9-8-17(22)2/h4-9,14-15H,10-13H2,1-3H3. The lowest BCUT2D eigenvalue weighted by Gasteiger charge is -2.36. The molecule has 0 saturated carbocycles. The maximum atomic E-state index is 13.3. The van der Waals surface area contributed by atoms with E-state index in [1.807, 2.05) is 52.9 Å². The maximum absolute atomic E-state index is 13.3. The molecule has 164 valence electrons. The molecule has 1 fully saturated rings. The Hall–Kier alpha value is -2.83. The van der Waals surface area contributed by atoms with Gasteiger partial charge in [-0.05, 0) is 56.2 Å². The zero-order chi connectivity index (χ0) is 22.4. The smallest absolute Gasteiger partial charge is 0.264 e. The SMILES string of the molecule is Cc1ccc(Cl)cc1N1CCN(C(=O)c2cc3c(C)nn(-c4ccccc4C)c3s2)CC1. The number of rotatable bonds is 3. The second-order valence-electron chi connectivity index (χ2n) is 8.32. The lowest BCUT2D eigenvalue weighted by Crippen LogP contribution is -2.48. The van der Waals surface area contributed by atoms with Crippen LogP contribution < -0.4 is 4.90 Å². The van der Waals surface area contributed by atoms with Gasteiger partial charge in [-0.25, -0.2) is 4.68 Å². The number of aryl methyl sites for hydroxylation is 3. The predicted molar refractivity (Wildman–Crippen MR) is 133 cm³/mol. The third-order valence-corrected chi connectivity index (χ3v) is 7.51. The van der Waals surface area contributed by atoms with Crippen molar-refractivity contribution < 1.29 is 4.79 Å². The molecule has 1 amide bonds. The second kappa shape index (κ2) is 8.26. The van der Waals surface area contributed by atoms with Crippen molar-refractivity contribution in [3.8, 4) is 5.69 Å². The van der Waals surface area contributed by atoms with E-state index in [9.17, 15) is 4.79 Å². The zero-order valence-corrected chi connectivity index (χ0v) is 20.0. The maximum Gasteiger partial charge on any atom is 0.264 e. The number of fused-ring (bicyclic) bond motifs is 1. The molecule has 0 atom stereocenters. The molecule has 0 radical (unpaired) electrons. The summed E-state index contributed by atoms with van der Waals surface area (Å²) >= 11 is 7.74. The predicted octanol–water partition coefficient (Wildman–Crippen LogP) is 5.63. The van der Waals surface area contributed by atoms with Crippen LogP contribution in [0.5, 0.6) is 0 Å². The number of hydrogen-bond acceptors (Lipinski definition) is 4. The summed E-state index contributed by atoms with van der Waals surface area (Å²) in [6.07, 6.45) is 0. The molecular weight excluding hydrogens is 440 g/mol. The monoisotopic (exact) mass is 464 g/mol. The number of nitrogens with zero attached hydrogens (tertiary/aromatic N) is 4. The van der Waals surface area contributed by atoms with Crippen molar-refractivity contribution in [1.29, 1.82) is 0 Å². The molecule has 7 heteroatoms. The minimum atomic E-state index is 0.101. The summed E-state index contributed by atoms with van der Waals surface area (Å²) < 4.78 is 1.97. The number of aromatic nitrogens is 2. The first-order valence-electron chi connectivity index (χ1n) is 10.8. The van der Waals surface area contributed by atoms with Crippen LogP contribution in [0, 0.1) is 20.8 Å². The van der Waals surface area contributed by atoms with E-state index in [1.54, 1.807) is 0 Å². The van der Waals surface area contributed by atoms with Crippen LogP contribution in [0.25, 0.3) is 15.9 Å². The molecular formula is C25H25ClN4OS. The number of piperazine rings is 1. The quantitative estimate of drug-likeness (QED) is 0.394. The number of para-hydroxylation sites is 1. The lowest BCUT2D eigenvalue weighted by molar-refractivity contribution is 0.0751. The molecule has 0 unspecified atom stereocenters. The Labute approximate surface area is 196 Å². The van der Waals surface area contributed by atoms with Crippen molar-refractivity contribution in [3.63, 3.8) is 0 Å². The molecule has 0 bridgehead atoms. The minimum absolute atomic E-state index is 0.101. The summed E-state index contributed by atoms with van der Waals surface area (Å²) in [6, 6.07) is 16.2. The van der Waals surface area contributed by atoms with Gasteiger partial charge >= 0.3 is 0 Å². The van der Waals surface area contributed by atoms with Gasteiger partial charge in [0.1, 0.15) is 4.83 Å². The van der Waals surface area contributed by atoms with E-state index in [2.05, 4.69) is 30.9 Å². The van der Waals surface area contributed by atoms with Gasteiger partial charge in [0.25, 0.3) is 5.91 Å². The van der Waals surface area contributed by atoms with E-state index in [0.717, 1.165) is 55.8 Å². The first-order chi connectivity index (χ1) is 15.4. The highest BCUT2D eigenvalue weighted by Crippen LogP contribution is 2.32. The van der Waals surface area contributed by atoms with Crippen LogP contribution in [0.15, 0.2) is 48.5 Å². The Kier molecular flexibility index (Phi) is 5.43. The topological polar surface area (TPSA) is 41.4 Å². The third-order valence-electron chi connectivity index (χ3n) is 6.18. The number of halogens is 1. The van der Waals surface area contributed by atoms with Crippen LogP contribution in [0.2, 0.25) is 5.02 Å². The van der Waals surface area contributed by atoms with Crippen LogP contribution in [0.4, 0.5) is 5.69 Å². The van der Waals surface area contributed by atoms with E-state index in [4.69, 9.17) is 16.7 Å². The van der Waals surface area contributed by atoms with Crippen molar-refractivity contribution in [2.45, 2.75) is 20.8 Å². The fourth-order valence-electron chi connectivity index (χ4n) is 4.35. The summed E-state index contributed by atoms with van der Waals surface area (Å²) in [5.41, 5.74) is 5.51.